The average Bonchev–Trinajstić information content (AvgIpc) is 3.15. The van der Waals surface area contributed by atoms with Crippen LogP contribution in [0.3, 0.4) is 0 Å². The highest BCUT2D eigenvalue weighted by atomic mass is 16.5. The predicted octanol–water partition coefficient (Wildman–Crippen LogP) is -0.375. The zero-order valence-electron chi connectivity index (χ0n) is 18.1. The molecular formula is C21H28N6O4. The van der Waals surface area contributed by atoms with Crippen molar-refractivity contribution in [3.8, 4) is 5.75 Å². The minimum Gasteiger partial charge on any atom is -0.491 e. The zero-order chi connectivity index (χ0) is 22.1. The molecule has 31 heavy (non-hydrogen) atoms. The number of hydrogen-bond donors (Lipinski definition) is 1. The molecule has 3 aromatic rings. The number of imidazole rings is 1. The van der Waals surface area contributed by atoms with Gasteiger partial charge in [-0.15, -0.1) is 0 Å². The third-order valence-electron chi connectivity index (χ3n) is 5.69. The maximum absolute atomic E-state index is 13.0. The number of para-hydroxylation sites is 1. The van der Waals surface area contributed by atoms with Crippen LogP contribution in [0.15, 0.2) is 39.9 Å². The van der Waals surface area contributed by atoms with Gasteiger partial charge in [-0.1, -0.05) is 18.2 Å². The highest BCUT2D eigenvalue weighted by Crippen LogP contribution is 2.21. The van der Waals surface area contributed by atoms with Crippen molar-refractivity contribution in [2.24, 2.45) is 14.1 Å². The van der Waals surface area contributed by atoms with Gasteiger partial charge in [-0.25, -0.2) is 4.79 Å². The predicted molar refractivity (Wildman–Crippen MR) is 118 cm³/mol. The summed E-state index contributed by atoms with van der Waals surface area (Å²) in [7, 11) is 5.11. The number of aryl methyl sites for hydroxylation is 1. The van der Waals surface area contributed by atoms with Crippen LogP contribution in [0.2, 0.25) is 0 Å². The van der Waals surface area contributed by atoms with Gasteiger partial charge in [0.15, 0.2) is 11.2 Å². The van der Waals surface area contributed by atoms with Crippen LogP contribution in [0.5, 0.6) is 5.75 Å². The first-order valence-electron chi connectivity index (χ1n) is 10.3. The van der Waals surface area contributed by atoms with E-state index in [0.29, 0.717) is 22.9 Å². The minimum atomic E-state index is -0.870. The first-order chi connectivity index (χ1) is 14.9. The van der Waals surface area contributed by atoms with E-state index in [-0.39, 0.29) is 13.2 Å². The zero-order valence-corrected chi connectivity index (χ0v) is 18.1. The summed E-state index contributed by atoms with van der Waals surface area (Å²) in [5.41, 5.74) is -0.238. The molecule has 0 amide bonds. The van der Waals surface area contributed by atoms with E-state index in [1.807, 2.05) is 30.3 Å². The maximum atomic E-state index is 13.0. The number of aromatic nitrogens is 4. The molecule has 0 bridgehead atoms. The number of piperazine rings is 1. The summed E-state index contributed by atoms with van der Waals surface area (Å²) < 4.78 is 9.85. The Bertz CT molecular complexity index is 1170. The lowest BCUT2D eigenvalue weighted by atomic mass is 10.3. The van der Waals surface area contributed by atoms with Crippen LogP contribution >= 0.6 is 0 Å². The first-order valence-corrected chi connectivity index (χ1v) is 10.3. The summed E-state index contributed by atoms with van der Waals surface area (Å²) in [6.07, 6.45) is -0.870. The molecule has 3 heterocycles. The van der Waals surface area contributed by atoms with E-state index >= 15 is 0 Å². The summed E-state index contributed by atoms with van der Waals surface area (Å²) in [6, 6.07) is 9.26. The molecule has 10 nitrogen and oxygen atoms in total. The lowest BCUT2D eigenvalue weighted by Gasteiger charge is -2.33. The van der Waals surface area contributed by atoms with Gasteiger partial charge in [0.25, 0.3) is 5.56 Å². The van der Waals surface area contributed by atoms with E-state index in [1.165, 1.54) is 11.6 Å². The number of nitrogens with zero attached hydrogens (tertiary/aromatic N) is 6. The number of likely N-dealkylation sites (N-methyl/N-ethyl adjacent to an activating group) is 1. The molecule has 1 aliphatic heterocycles. The van der Waals surface area contributed by atoms with E-state index in [0.717, 1.165) is 30.7 Å². The molecule has 4 rings (SSSR count). The van der Waals surface area contributed by atoms with Crippen LogP contribution in [0.25, 0.3) is 11.2 Å². The lowest BCUT2D eigenvalue weighted by Crippen LogP contribution is -2.45. The van der Waals surface area contributed by atoms with Gasteiger partial charge in [0, 0.05) is 40.3 Å². The Kier molecular flexibility index (Phi) is 5.84. The van der Waals surface area contributed by atoms with Gasteiger partial charge in [-0.3, -0.25) is 13.9 Å². The molecule has 10 heteroatoms. The number of benzene rings is 1. The molecule has 1 aliphatic rings. The summed E-state index contributed by atoms with van der Waals surface area (Å²) in [5.74, 6) is 1.25. The molecule has 0 spiro atoms. The number of anilines is 1. The van der Waals surface area contributed by atoms with Crippen molar-refractivity contribution in [2.75, 3.05) is 44.7 Å². The first kappa shape index (κ1) is 21.1. The molecule has 0 radical (unpaired) electrons. The fraction of sp³-hybridized carbons (Fsp3) is 0.476. The van der Waals surface area contributed by atoms with Gasteiger partial charge < -0.3 is 24.2 Å². The van der Waals surface area contributed by atoms with E-state index in [1.54, 1.807) is 11.6 Å². The van der Waals surface area contributed by atoms with E-state index < -0.39 is 17.4 Å². The molecule has 1 aromatic carbocycles. The third-order valence-corrected chi connectivity index (χ3v) is 5.69. The number of ether oxygens (including phenoxy) is 1. The van der Waals surface area contributed by atoms with Crippen LogP contribution in [-0.2, 0) is 20.6 Å². The minimum absolute atomic E-state index is 0.0674. The Morgan fingerprint density at radius 3 is 2.39 bits per heavy atom. The van der Waals surface area contributed by atoms with Crippen LogP contribution in [0, 0.1) is 0 Å². The van der Waals surface area contributed by atoms with E-state index in [9.17, 15) is 14.7 Å². The van der Waals surface area contributed by atoms with Crippen LogP contribution < -0.4 is 20.9 Å². The maximum Gasteiger partial charge on any atom is 0.332 e. The number of hydrogen-bond acceptors (Lipinski definition) is 7. The molecular weight excluding hydrogens is 400 g/mol. The summed E-state index contributed by atoms with van der Waals surface area (Å²) >= 11 is 0. The number of fused-ring (bicyclic) bond motifs is 1. The van der Waals surface area contributed by atoms with Crippen molar-refractivity contribution >= 4 is 17.1 Å². The Balaban J connectivity index is 1.71. The van der Waals surface area contributed by atoms with Crippen molar-refractivity contribution in [3.63, 3.8) is 0 Å². The molecule has 1 atom stereocenters. The van der Waals surface area contributed by atoms with Crippen molar-refractivity contribution < 1.29 is 9.84 Å². The summed E-state index contributed by atoms with van der Waals surface area (Å²) in [5, 5.41) is 10.7. The standard InChI is InChI=1S/C21H28N6O4/c1-23-9-11-26(12-10-23)20-22-18-17(19(29)25(3)21(30)24(18)2)27(20)13-15(28)14-31-16-7-5-4-6-8-16/h4-8,15,28H,9-14H2,1-3H3. The SMILES string of the molecule is CN1CCN(c2nc3c(c(=O)n(C)c(=O)n3C)n2CC(O)COc2ccccc2)CC1. The third kappa shape index (κ3) is 4.08. The lowest BCUT2D eigenvalue weighted by molar-refractivity contribution is 0.0935. The fourth-order valence-electron chi connectivity index (χ4n) is 3.83. The largest absolute Gasteiger partial charge is 0.491 e. The van der Waals surface area contributed by atoms with Gasteiger partial charge in [-0.05, 0) is 19.2 Å². The van der Waals surface area contributed by atoms with Gasteiger partial charge in [0.2, 0.25) is 5.95 Å². The van der Waals surface area contributed by atoms with Gasteiger partial charge in [0.1, 0.15) is 18.5 Å². The van der Waals surface area contributed by atoms with E-state index in [4.69, 9.17) is 4.74 Å². The fourth-order valence-corrected chi connectivity index (χ4v) is 3.83. The molecule has 1 fully saturated rings. The topological polar surface area (TPSA) is 97.8 Å². The number of aliphatic hydroxyl groups excluding tert-OH is 1. The van der Waals surface area contributed by atoms with E-state index in [2.05, 4.69) is 21.8 Å². The quantitative estimate of drug-likeness (QED) is 0.572. The van der Waals surface area contributed by atoms with Crippen molar-refractivity contribution in [2.45, 2.75) is 12.6 Å². The van der Waals surface area contributed by atoms with Crippen LogP contribution in [0.1, 0.15) is 0 Å². The second-order valence-corrected chi connectivity index (χ2v) is 7.97. The van der Waals surface area contributed by atoms with Crippen LogP contribution in [0.4, 0.5) is 5.95 Å². The Hall–Kier alpha value is -3.11. The summed E-state index contributed by atoms with van der Waals surface area (Å²) in [6.45, 7) is 3.39. The molecule has 1 unspecified atom stereocenters. The molecule has 1 N–H and O–H groups in total. The summed E-state index contributed by atoms with van der Waals surface area (Å²) in [4.78, 5) is 34.4. The van der Waals surface area contributed by atoms with Gasteiger partial charge in [-0.2, -0.15) is 4.98 Å². The average molecular weight is 428 g/mol. The monoisotopic (exact) mass is 428 g/mol. The highest BCUT2D eigenvalue weighted by Gasteiger charge is 2.26. The highest BCUT2D eigenvalue weighted by molar-refractivity contribution is 5.74. The van der Waals surface area contributed by atoms with Crippen molar-refractivity contribution in [1.29, 1.82) is 0 Å². The Labute approximate surface area is 179 Å². The normalized spacial score (nSPS) is 16.1. The number of rotatable bonds is 6. The molecule has 0 aliphatic carbocycles. The van der Waals surface area contributed by atoms with Crippen molar-refractivity contribution in [1.82, 2.24) is 23.6 Å². The second kappa shape index (κ2) is 8.56. The molecule has 0 saturated carbocycles. The molecule has 166 valence electrons. The molecule has 2 aromatic heterocycles. The van der Waals surface area contributed by atoms with Gasteiger partial charge in [0.05, 0.1) is 6.54 Å². The smallest absolute Gasteiger partial charge is 0.332 e. The molecule has 1 saturated heterocycles. The van der Waals surface area contributed by atoms with Crippen LogP contribution in [-0.4, -0.2) is 74.6 Å². The Morgan fingerprint density at radius 1 is 1.03 bits per heavy atom. The Morgan fingerprint density at radius 2 is 1.71 bits per heavy atom. The number of aliphatic hydroxyl groups is 1. The van der Waals surface area contributed by atoms with Gasteiger partial charge >= 0.3 is 5.69 Å². The van der Waals surface area contributed by atoms with Crippen molar-refractivity contribution in [3.05, 3.63) is 51.2 Å². The second-order valence-electron chi connectivity index (χ2n) is 7.97.